The van der Waals surface area contributed by atoms with E-state index in [9.17, 15) is 0 Å². The molecule has 1 fully saturated rings. The first kappa shape index (κ1) is 15.6. The lowest BCUT2D eigenvalue weighted by Gasteiger charge is -2.26. The molecule has 0 radical (unpaired) electrons. The van der Waals surface area contributed by atoms with Crippen LogP contribution in [0.1, 0.15) is 12.1 Å². The van der Waals surface area contributed by atoms with Crippen LogP contribution in [0.5, 0.6) is 0 Å². The Balaban J connectivity index is 1.63. The quantitative estimate of drug-likeness (QED) is 0.817. The summed E-state index contributed by atoms with van der Waals surface area (Å²) >= 11 is 0. The number of nitrogens with zero attached hydrogens (tertiary/aromatic N) is 7. The summed E-state index contributed by atoms with van der Waals surface area (Å²) in [5, 5.41) is 0. The molecule has 3 heterocycles. The zero-order chi connectivity index (χ0) is 16.2. The van der Waals surface area contributed by atoms with Gasteiger partial charge in [0.2, 0.25) is 5.95 Å². The van der Waals surface area contributed by atoms with Crippen LogP contribution in [0.25, 0.3) is 0 Å². The van der Waals surface area contributed by atoms with Gasteiger partial charge in [0.05, 0.1) is 5.69 Å². The van der Waals surface area contributed by atoms with Gasteiger partial charge in [-0.1, -0.05) is 0 Å². The summed E-state index contributed by atoms with van der Waals surface area (Å²) in [7, 11) is 6.02. The van der Waals surface area contributed by atoms with E-state index in [-0.39, 0.29) is 0 Å². The van der Waals surface area contributed by atoms with Crippen LogP contribution in [0.3, 0.4) is 0 Å². The van der Waals surface area contributed by atoms with Crippen molar-refractivity contribution in [3.63, 3.8) is 0 Å². The smallest absolute Gasteiger partial charge is 0.226 e. The molecule has 0 amide bonds. The monoisotopic (exact) mass is 313 g/mol. The number of likely N-dealkylation sites (N-methyl/N-ethyl adjacent to an activating group) is 1. The van der Waals surface area contributed by atoms with Crippen molar-refractivity contribution in [3.8, 4) is 0 Å². The third kappa shape index (κ3) is 3.73. The van der Waals surface area contributed by atoms with Crippen molar-refractivity contribution in [1.82, 2.24) is 24.8 Å². The normalized spacial score (nSPS) is 18.1. The molecule has 0 N–H and O–H groups in total. The molecule has 0 aliphatic carbocycles. The summed E-state index contributed by atoms with van der Waals surface area (Å²) < 4.78 is 0. The number of anilines is 2. The summed E-state index contributed by atoms with van der Waals surface area (Å²) in [6.45, 7) is 2.93. The van der Waals surface area contributed by atoms with Crippen LogP contribution in [0.4, 0.5) is 11.8 Å². The molecule has 7 heteroatoms. The zero-order valence-corrected chi connectivity index (χ0v) is 13.9. The number of aromatic nitrogens is 4. The fourth-order valence-electron chi connectivity index (χ4n) is 2.85. The molecule has 2 aromatic rings. The highest BCUT2D eigenvalue weighted by Crippen LogP contribution is 2.21. The van der Waals surface area contributed by atoms with Crippen LogP contribution in [-0.4, -0.2) is 65.1 Å². The fourth-order valence-corrected chi connectivity index (χ4v) is 2.85. The van der Waals surface area contributed by atoms with E-state index in [1.807, 2.05) is 37.5 Å². The highest BCUT2D eigenvalue weighted by atomic mass is 15.3. The lowest BCUT2D eigenvalue weighted by atomic mass is 10.2. The number of hydrogen-bond acceptors (Lipinski definition) is 7. The van der Waals surface area contributed by atoms with Gasteiger partial charge in [0.1, 0.15) is 5.82 Å². The SMILES string of the molecule is CN(C)c1nccc(N(C)C2CCN(Cc3cnccn3)C2)n1. The first-order valence-corrected chi connectivity index (χ1v) is 7.84. The van der Waals surface area contributed by atoms with Gasteiger partial charge in [0.15, 0.2) is 0 Å². The molecule has 1 unspecified atom stereocenters. The molecule has 0 bridgehead atoms. The second-order valence-corrected chi connectivity index (χ2v) is 6.09. The van der Waals surface area contributed by atoms with Crippen LogP contribution < -0.4 is 9.80 Å². The molecule has 0 aromatic carbocycles. The highest BCUT2D eigenvalue weighted by Gasteiger charge is 2.27. The van der Waals surface area contributed by atoms with E-state index in [0.29, 0.717) is 6.04 Å². The summed E-state index contributed by atoms with van der Waals surface area (Å²) in [5.41, 5.74) is 1.02. The van der Waals surface area contributed by atoms with Crippen molar-refractivity contribution < 1.29 is 0 Å². The van der Waals surface area contributed by atoms with E-state index in [4.69, 9.17) is 0 Å². The van der Waals surface area contributed by atoms with Gasteiger partial charge in [-0.3, -0.25) is 14.9 Å². The minimum Gasteiger partial charge on any atom is -0.355 e. The van der Waals surface area contributed by atoms with E-state index >= 15 is 0 Å². The van der Waals surface area contributed by atoms with Crippen molar-refractivity contribution in [1.29, 1.82) is 0 Å². The first-order chi connectivity index (χ1) is 11.1. The standard InChI is InChI=1S/C16H23N7/c1-21(2)16-19-6-4-15(20-16)22(3)14-5-9-23(12-14)11-13-10-17-7-8-18-13/h4,6-8,10,14H,5,9,11-12H2,1-3H3. The maximum atomic E-state index is 4.63. The third-order valence-electron chi connectivity index (χ3n) is 4.19. The first-order valence-electron chi connectivity index (χ1n) is 7.84. The van der Waals surface area contributed by atoms with Gasteiger partial charge in [0, 0.05) is 71.6 Å². The second-order valence-electron chi connectivity index (χ2n) is 6.09. The van der Waals surface area contributed by atoms with Gasteiger partial charge in [-0.25, -0.2) is 4.98 Å². The minimum atomic E-state index is 0.455. The van der Waals surface area contributed by atoms with Gasteiger partial charge in [0.25, 0.3) is 0 Å². The third-order valence-corrected chi connectivity index (χ3v) is 4.19. The zero-order valence-electron chi connectivity index (χ0n) is 13.9. The van der Waals surface area contributed by atoms with Crippen molar-refractivity contribution in [2.24, 2.45) is 0 Å². The topological polar surface area (TPSA) is 61.3 Å². The van der Waals surface area contributed by atoms with Crippen molar-refractivity contribution in [2.75, 3.05) is 44.0 Å². The molecule has 1 atom stereocenters. The van der Waals surface area contributed by atoms with Crippen LogP contribution in [-0.2, 0) is 6.54 Å². The summed E-state index contributed by atoms with van der Waals surface area (Å²) in [6.07, 6.45) is 8.24. The molecule has 1 aliphatic rings. The average Bonchev–Trinajstić information content (AvgIpc) is 3.03. The Morgan fingerprint density at radius 3 is 2.78 bits per heavy atom. The maximum absolute atomic E-state index is 4.63. The summed E-state index contributed by atoms with van der Waals surface area (Å²) in [6, 6.07) is 2.43. The Kier molecular flexibility index (Phi) is 4.66. The van der Waals surface area contributed by atoms with Gasteiger partial charge in [-0.2, -0.15) is 4.98 Å². The van der Waals surface area contributed by atoms with E-state index < -0.39 is 0 Å². The number of rotatable bonds is 5. The molecule has 1 saturated heterocycles. The van der Waals surface area contributed by atoms with Crippen LogP contribution >= 0.6 is 0 Å². The maximum Gasteiger partial charge on any atom is 0.226 e. The van der Waals surface area contributed by atoms with Gasteiger partial charge < -0.3 is 9.80 Å². The lowest BCUT2D eigenvalue weighted by molar-refractivity contribution is 0.321. The molecule has 7 nitrogen and oxygen atoms in total. The Bertz CT molecular complexity index is 631. The molecular weight excluding hydrogens is 290 g/mol. The molecular formula is C16H23N7. The molecule has 122 valence electrons. The Morgan fingerprint density at radius 2 is 2.04 bits per heavy atom. The Labute approximate surface area is 137 Å². The average molecular weight is 313 g/mol. The van der Waals surface area contributed by atoms with E-state index in [0.717, 1.165) is 43.5 Å². The lowest BCUT2D eigenvalue weighted by Crippen LogP contribution is -2.35. The van der Waals surface area contributed by atoms with Crippen molar-refractivity contribution >= 4 is 11.8 Å². The van der Waals surface area contributed by atoms with E-state index in [1.54, 1.807) is 12.4 Å². The predicted molar refractivity (Wildman–Crippen MR) is 90.5 cm³/mol. The van der Waals surface area contributed by atoms with Gasteiger partial charge in [-0.15, -0.1) is 0 Å². The second kappa shape index (κ2) is 6.87. The van der Waals surface area contributed by atoms with Crippen molar-refractivity contribution in [2.45, 2.75) is 19.0 Å². The van der Waals surface area contributed by atoms with E-state index in [1.165, 1.54) is 0 Å². The van der Waals surface area contributed by atoms with Crippen LogP contribution in [0.15, 0.2) is 30.9 Å². The molecule has 23 heavy (non-hydrogen) atoms. The minimum absolute atomic E-state index is 0.455. The van der Waals surface area contributed by atoms with Crippen LogP contribution in [0, 0.1) is 0 Å². The highest BCUT2D eigenvalue weighted by molar-refractivity contribution is 5.43. The summed E-state index contributed by atoms with van der Waals surface area (Å²) in [4.78, 5) is 24.0. The largest absolute Gasteiger partial charge is 0.355 e. The van der Waals surface area contributed by atoms with E-state index in [2.05, 4.69) is 36.8 Å². The van der Waals surface area contributed by atoms with Gasteiger partial charge in [-0.05, 0) is 12.5 Å². The number of hydrogen-bond donors (Lipinski definition) is 0. The molecule has 0 spiro atoms. The fraction of sp³-hybridized carbons (Fsp3) is 0.500. The predicted octanol–water partition coefficient (Wildman–Crippen LogP) is 1.04. The molecule has 2 aromatic heterocycles. The van der Waals surface area contributed by atoms with Crippen molar-refractivity contribution in [3.05, 3.63) is 36.5 Å². The Hall–Kier alpha value is -2.28. The molecule has 3 rings (SSSR count). The summed E-state index contributed by atoms with van der Waals surface area (Å²) in [5.74, 6) is 1.71. The Morgan fingerprint density at radius 1 is 1.17 bits per heavy atom. The molecule has 0 saturated carbocycles. The number of likely N-dealkylation sites (tertiary alicyclic amines) is 1. The van der Waals surface area contributed by atoms with Gasteiger partial charge >= 0.3 is 0 Å². The molecule has 1 aliphatic heterocycles. The van der Waals surface area contributed by atoms with Crippen LogP contribution in [0.2, 0.25) is 0 Å².